The molecule has 1 aromatic heterocycles. The third-order valence-electron chi connectivity index (χ3n) is 2.70. The number of rotatable bonds is 4. The van der Waals surface area contributed by atoms with Crippen LogP contribution in [0.4, 0.5) is 5.69 Å². The number of nitrogens with one attached hydrogen (secondary N) is 2. The van der Waals surface area contributed by atoms with Gasteiger partial charge in [0.2, 0.25) is 0 Å². The van der Waals surface area contributed by atoms with Crippen LogP contribution < -0.4 is 16.0 Å². The van der Waals surface area contributed by atoms with Crippen LogP contribution in [-0.2, 0) is 0 Å². The van der Waals surface area contributed by atoms with E-state index < -0.39 is 21.9 Å². The molecule has 0 amide bonds. The normalized spacial score (nSPS) is 10.7. The first-order valence-corrected chi connectivity index (χ1v) is 5.85. The molecular formula is C13H11N3O5. The van der Waals surface area contributed by atoms with Crippen LogP contribution in [0, 0.1) is 10.1 Å². The van der Waals surface area contributed by atoms with E-state index in [9.17, 15) is 19.7 Å². The van der Waals surface area contributed by atoms with Gasteiger partial charge in [-0.05, 0) is 18.2 Å². The van der Waals surface area contributed by atoms with Crippen LogP contribution in [0.1, 0.15) is 11.3 Å². The fourth-order valence-electron chi connectivity index (χ4n) is 1.78. The van der Waals surface area contributed by atoms with Gasteiger partial charge in [-0.1, -0.05) is 18.2 Å². The largest absolute Gasteiger partial charge is 0.496 e. The van der Waals surface area contributed by atoms with Crippen LogP contribution in [0.5, 0.6) is 5.75 Å². The number of nitro groups is 1. The number of H-pyrrole nitrogens is 2. The number of aromatic nitrogens is 2. The number of para-hydroxylation sites is 1. The van der Waals surface area contributed by atoms with E-state index in [1.807, 2.05) is 4.98 Å². The second-order valence-corrected chi connectivity index (χ2v) is 4.00. The van der Waals surface area contributed by atoms with E-state index in [0.29, 0.717) is 11.3 Å². The monoisotopic (exact) mass is 289 g/mol. The Bertz CT molecular complexity index is 819. The molecule has 2 aromatic rings. The Morgan fingerprint density at radius 1 is 1.19 bits per heavy atom. The Kier molecular flexibility index (Phi) is 3.98. The second-order valence-electron chi connectivity index (χ2n) is 4.00. The lowest BCUT2D eigenvalue weighted by Crippen LogP contribution is -2.25. The van der Waals surface area contributed by atoms with Crippen LogP contribution in [0.15, 0.2) is 33.9 Å². The van der Waals surface area contributed by atoms with Gasteiger partial charge in [-0.2, -0.15) is 0 Å². The third kappa shape index (κ3) is 3.06. The van der Waals surface area contributed by atoms with Crippen molar-refractivity contribution in [3.8, 4) is 5.75 Å². The van der Waals surface area contributed by atoms with Crippen molar-refractivity contribution >= 4 is 17.8 Å². The summed E-state index contributed by atoms with van der Waals surface area (Å²) < 4.78 is 5.13. The Hall–Kier alpha value is -3.16. The minimum atomic E-state index is -1.05. The lowest BCUT2D eigenvalue weighted by atomic mass is 10.1. The molecular weight excluding hydrogens is 278 g/mol. The van der Waals surface area contributed by atoms with Gasteiger partial charge in [0, 0.05) is 5.56 Å². The summed E-state index contributed by atoms with van der Waals surface area (Å²) in [4.78, 5) is 36.8. The minimum absolute atomic E-state index is 0.181. The van der Waals surface area contributed by atoms with E-state index in [2.05, 4.69) is 4.98 Å². The Morgan fingerprint density at radius 3 is 2.57 bits per heavy atom. The fourth-order valence-corrected chi connectivity index (χ4v) is 1.78. The second kappa shape index (κ2) is 5.87. The summed E-state index contributed by atoms with van der Waals surface area (Å²) >= 11 is 0. The lowest BCUT2D eigenvalue weighted by Gasteiger charge is -2.03. The molecule has 0 aliphatic heterocycles. The smallest absolute Gasteiger partial charge is 0.357 e. The summed E-state index contributed by atoms with van der Waals surface area (Å²) in [7, 11) is 1.49. The zero-order valence-corrected chi connectivity index (χ0v) is 11.0. The number of nitrogens with zero attached hydrogens (tertiary/aromatic N) is 1. The molecule has 0 spiro atoms. The van der Waals surface area contributed by atoms with E-state index in [-0.39, 0.29) is 5.69 Å². The van der Waals surface area contributed by atoms with Crippen LogP contribution >= 0.6 is 0 Å². The number of ether oxygens (including phenoxy) is 1. The van der Waals surface area contributed by atoms with Gasteiger partial charge < -0.3 is 9.72 Å². The highest BCUT2D eigenvalue weighted by Crippen LogP contribution is 2.20. The van der Waals surface area contributed by atoms with Crippen molar-refractivity contribution in [1.82, 2.24) is 9.97 Å². The summed E-state index contributed by atoms with van der Waals surface area (Å²) in [6.45, 7) is 0. The summed E-state index contributed by atoms with van der Waals surface area (Å²) in [5, 5.41) is 10.9. The molecule has 21 heavy (non-hydrogen) atoms. The van der Waals surface area contributed by atoms with Crippen LogP contribution in [0.25, 0.3) is 12.2 Å². The predicted molar refractivity (Wildman–Crippen MR) is 76.3 cm³/mol. The highest BCUT2D eigenvalue weighted by Gasteiger charge is 2.18. The summed E-state index contributed by atoms with van der Waals surface area (Å²) in [6.07, 6.45) is 2.79. The van der Waals surface area contributed by atoms with Gasteiger partial charge in [0.15, 0.2) is 0 Å². The van der Waals surface area contributed by atoms with Gasteiger partial charge in [-0.3, -0.25) is 19.9 Å². The molecule has 2 N–H and O–H groups in total. The van der Waals surface area contributed by atoms with Crippen molar-refractivity contribution < 1.29 is 9.66 Å². The molecule has 0 atom stereocenters. The van der Waals surface area contributed by atoms with Gasteiger partial charge in [0.1, 0.15) is 11.4 Å². The fraction of sp³-hybridized carbons (Fsp3) is 0.0769. The molecule has 0 fully saturated rings. The first-order valence-electron chi connectivity index (χ1n) is 5.85. The maximum Gasteiger partial charge on any atom is 0.357 e. The Balaban J connectivity index is 2.53. The zero-order chi connectivity index (χ0) is 15.4. The molecule has 0 unspecified atom stereocenters. The molecule has 0 aliphatic rings. The average Bonchev–Trinajstić information content (AvgIpc) is 2.44. The van der Waals surface area contributed by atoms with Crippen molar-refractivity contribution in [1.29, 1.82) is 0 Å². The molecule has 8 heteroatoms. The van der Waals surface area contributed by atoms with Crippen molar-refractivity contribution in [2.45, 2.75) is 0 Å². The van der Waals surface area contributed by atoms with E-state index in [4.69, 9.17) is 4.74 Å². The minimum Gasteiger partial charge on any atom is -0.496 e. The van der Waals surface area contributed by atoms with Gasteiger partial charge in [-0.25, -0.2) is 4.79 Å². The number of hydrogen-bond donors (Lipinski definition) is 2. The molecule has 0 radical (unpaired) electrons. The first-order chi connectivity index (χ1) is 10.0. The van der Waals surface area contributed by atoms with Gasteiger partial charge >= 0.3 is 16.9 Å². The quantitative estimate of drug-likeness (QED) is 0.646. The van der Waals surface area contributed by atoms with Crippen molar-refractivity contribution in [2.24, 2.45) is 0 Å². The van der Waals surface area contributed by atoms with E-state index in [0.717, 1.165) is 0 Å². The first kappa shape index (κ1) is 14.3. The molecule has 8 nitrogen and oxygen atoms in total. The summed E-state index contributed by atoms with van der Waals surface area (Å²) in [6, 6.07) is 6.98. The molecule has 1 heterocycles. The number of benzene rings is 1. The van der Waals surface area contributed by atoms with Gasteiger partial charge in [0.05, 0.1) is 12.0 Å². The molecule has 1 aromatic carbocycles. The van der Waals surface area contributed by atoms with Crippen molar-refractivity contribution in [3.63, 3.8) is 0 Å². The SMILES string of the molecule is COc1ccccc1/C=C\c1[nH]c(=O)[nH]c(=O)c1[N+](=O)[O-]. The molecule has 0 saturated heterocycles. The summed E-state index contributed by atoms with van der Waals surface area (Å²) in [5.41, 5.74) is -2.12. The zero-order valence-electron chi connectivity index (χ0n) is 11.0. The predicted octanol–water partition coefficient (Wildman–Crippen LogP) is 1.15. The van der Waals surface area contributed by atoms with E-state index >= 15 is 0 Å². The average molecular weight is 289 g/mol. The maximum atomic E-state index is 11.5. The molecule has 0 bridgehead atoms. The number of methoxy groups -OCH3 is 1. The van der Waals surface area contributed by atoms with Crippen molar-refractivity contribution in [2.75, 3.05) is 7.11 Å². The molecule has 0 aliphatic carbocycles. The molecule has 0 saturated carbocycles. The summed E-state index contributed by atoms with van der Waals surface area (Å²) in [5.74, 6) is 0.559. The van der Waals surface area contributed by atoms with Gasteiger partial charge in [-0.15, -0.1) is 0 Å². The third-order valence-corrected chi connectivity index (χ3v) is 2.70. The highest BCUT2D eigenvalue weighted by molar-refractivity contribution is 5.74. The lowest BCUT2D eigenvalue weighted by molar-refractivity contribution is -0.386. The Morgan fingerprint density at radius 2 is 1.90 bits per heavy atom. The van der Waals surface area contributed by atoms with Crippen LogP contribution in [-0.4, -0.2) is 22.0 Å². The maximum absolute atomic E-state index is 11.5. The number of hydrogen-bond acceptors (Lipinski definition) is 5. The highest BCUT2D eigenvalue weighted by atomic mass is 16.6. The van der Waals surface area contributed by atoms with E-state index in [1.165, 1.54) is 19.3 Å². The van der Waals surface area contributed by atoms with E-state index in [1.54, 1.807) is 24.3 Å². The molecule has 2 rings (SSSR count). The Labute approximate surface area is 117 Å². The van der Waals surface area contributed by atoms with Gasteiger partial charge in [0.25, 0.3) is 0 Å². The van der Waals surface area contributed by atoms with Crippen LogP contribution in [0.3, 0.4) is 0 Å². The number of aromatic amines is 2. The van der Waals surface area contributed by atoms with Crippen molar-refractivity contribution in [3.05, 3.63) is 66.5 Å². The molecule has 108 valence electrons. The standard InChI is InChI=1S/C13H11N3O5/c1-21-10-5-3-2-4-8(10)6-7-9-11(16(19)20)12(17)15-13(18)14-9/h2-7H,1H3,(H2,14,15,17,18)/b7-6-. The van der Waals surface area contributed by atoms with Crippen LogP contribution in [0.2, 0.25) is 0 Å². The topological polar surface area (TPSA) is 118 Å².